The lowest BCUT2D eigenvalue weighted by Gasteiger charge is -2.27. The number of aromatic amines is 1. The molecule has 184 valence electrons. The number of hydrogen-bond donors (Lipinski definition) is 2. The molecule has 2 N–H and O–H groups in total. The highest BCUT2D eigenvalue weighted by atomic mass is 16.5. The third-order valence-corrected chi connectivity index (χ3v) is 6.44. The Hall–Kier alpha value is -4.92. The minimum Gasteiger partial charge on any atom is -0.463 e. The first kappa shape index (κ1) is 22.5. The van der Waals surface area contributed by atoms with Gasteiger partial charge in [-0.1, -0.05) is 43.3 Å². The fraction of sp³-hybridized carbons (Fsp3) is 0.143. The van der Waals surface area contributed by atoms with E-state index in [9.17, 15) is 9.59 Å². The molecule has 4 heterocycles. The Morgan fingerprint density at radius 1 is 1.05 bits per heavy atom. The number of benzene rings is 2. The van der Waals surface area contributed by atoms with E-state index in [-0.39, 0.29) is 17.4 Å². The zero-order valence-electron chi connectivity index (χ0n) is 20.2. The van der Waals surface area contributed by atoms with Gasteiger partial charge in [0, 0.05) is 28.5 Å². The molecule has 9 nitrogen and oxygen atoms in total. The Labute approximate surface area is 211 Å². The molecule has 3 aromatic heterocycles. The van der Waals surface area contributed by atoms with Crippen LogP contribution in [0.1, 0.15) is 35.2 Å². The molecule has 0 aliphatic carbocycles. The summed E-state index contributed by atoms with van der Waals surface area (Å²) in [6.45, 7) is 3.68. The summed E-state index contributed by atoms with van der Waals surface area (Å²) in [5.41, 5.74) is 2.94. The first-order valence-electron chi connectivity index (χ1n) is 11.9. The van der Waals surface area contributed by atoms with Gasteiger partial charge in [-0.3, -0.25) is 14.6 Å². The number of nitrogens with zero attached hydrogens (tertiary/aromatic N) is 3. The number of hydrogen-bond acceptors (Lipinski definition) is 6. The van der Waals surface area contributed by atoms with Crippen molar-refractivity contribution in [1.29, 1.82) is 0 Å². The highest BCUT2D eigenvalue weighted by Gasteiger charge is 2.33. The van der Waals surface area contributed by atoms with E-state index in [4.69, 9.17) is 9.15 Å². The Kier molecular flexibility index (Phi) is 5.45. The number of rotatable bonds is 5. The van der Waals surface area contributed by atoms with Crippen LogP contribution in [0.5, 0.6) is 11.5 Å². The molecule has 0 saturated heterocycles. The Bertz CT molecular complexity index is 1640. The molecular weight excluding hydrogens is 470 g/mol. The van der Waals surface area contributed by atoms with Crippen LogP contribution in [0.15, 0.2) is 82.2 Å². The molecule has 0 unspecified atom stereocenters. The first-order valence-corrected chi connectivity index (χ1v) is 11.9. The zero-order chi connectivity index (χ0) is 25.5. The molecule has 1 aliphatic heterocycles. The van der Waals surface area contributed by atoms with Crippen LogP contribution in [0.3, 0.4) is 0 Å². The molecule has 1 aliphatic rings. The number of H-pyrrole nitrogens is 1. The molecule has 1 amide bonds. The summed E-state index contributed by atoms with van der Waals surface area (Å²) in [5, 5.41) is 7.61. The van der Waals surface area contributed by atoms with Crippen molar-refractivity contribution in [3.63, 3.8) is 0 Å². The van der Waals surface area contributed by atoms with Crippen molar-refractivity contribution in [3.8, 4) is 28.9 Å². The highest BCUT2D eigenvalue weighted by Crippen LogP contribution is 2.44. The van der Waals surface area contributed by atoms with E-state index < -0.39 is 5.92 Å². The standard InChI is InChI=1S/C28H23N5O4/c1-3-17-16(2)29-28(31-26(17)34)33-24(15-20(32-33)23-13-8-14-36-23)30-27(35)25-18-9-4-6-11-21(18)37-22-12-7-5-10-19(22)25/h4-15,25H,3H2,1-2H3,(H,30,35)(H,29,31,34). The maximum Gasteiger partial charge on any atom is 0.255 e. The van der Waals surface area contributed by atoms with Gasteiger partial charge in [0.05, 0.1) is 12.2 Å². The lowest BCUT2D eigenvalue weighted by atomic mass is 9.87. The van der Waals surface area contributed by atoms with Gasteiger partial charge in [0.15, 0.2) is 5.76 Å². The molecular formula is C28H23N5O4. The second-order valence-corrected chi connectivity index (χ2v) is 8.71. The van der Waals surface area contributed by atoms with E-state index in [0.29, 0.717) is 46.4 Å². The van der Waals surface area contributed by atoms with Gasteiger partial charge < -0.3 is 14.5 Å². The monoisotopic (exact) mass is 493 g/mol. The molecule has 9 heteroatoms. The maximum absolute atomic E-state index is 13.9. The van der Waals surface area contributed by atoms with Crippen LogP contribution in [0, 0.1) is 6.92 Å². The molecule has 0 bridgehead atoms. The lowest BCUT2D eigenvalue weighted by Crippen LogP contribution is -2.27. The van der Waals surface area contributed by atoms with Gasteiger partial charge in [0.1, 0.15) is 23.0 Å². The first-order chi connectivity index (χ1) is 18.0. The van der Waals surface area contributed by atoms with Crippen LogP contribution in [0.25, 0.3) is 17.4 Å². The van der Waals surface area contributed by atoms with Crippen molar-refractivity contribution in [2.75, 3.05) is 5.32 Å². The number of nitrogens with one attached hydrogen (secondary N) is 2. The van der Waals surface area contributed by atoms with Crippen molar-refractivity contribution >= 4 is 11.7 Å². The molecule has 2 aromatic carbocycles. The number of carbonyl (C=O) groups is 1. The van der Waals surface area contributed by atoms with Gasteiger partial charge in [-0.05, 0) is 37.6 Å². The number of aromatic nitrogens is 4. The van der Waals surface area contributed by atoms with Crippen molar-refractivity contribution in [1.82, 2.24) is 19.7 Å². The van der Waals surface area contributed by atoms with Gasteiger partial charge >= 0.3 is 0 Å². The van der Waals surface area contributed by atoms with E-state index in [2.05, 4.69) is 20.4 Å². The Morgan fingerprint density at radius 2 is 1.76 bits per heavy atom. The van der Waals surface area contributed by atoms with E-state index >= 15 is 0 Å². The van der Waals surface area contributed by atoms with Crippen molar-refractivity contribution in [3.05, 3.63) is 106 Å². The smallest absolute Gasteiger partial charge is 0.255 e. The predicted molar refractivity (Wildman–Crippen MR) is 137 cm³/mol. The van der Waals surface area contributed by atoms with Gasteiger partial charge in [-0.15, -0.1) is 0 Å². The maximum atomic E-state index is 13.9. The summed E-state index contributed by atoms with van der Waals surface area (Å²) in [6.07, 6.45) is 2.10. The van der Waals surface area contributed by atoms with E-state index in [1.807, 2.05) is 55.5 Å². The second-order valence-electron chi connectivity index (χ2n) is 8.71. The number of fused-ring (bicyclic) bond motifs is 2. The van der Waals surface area contributed by atoms with E-state index in [1.54, 1.807) is 31.4 Å². The quantitative estimate of drug-likeness (QED) is 0.358. The van der Waals surface area contributed by atoms with Crippen LogP contribution in [0.4, 0.5) is 5.82 Å². The molecule has 0 spiro atoms. The Morgan fingerprint density at radius 3 is 2.38 bits per heavy atom. The highest BCUT2D eigenvalue weighted by molar-refractivity contribution is 5.99. The largest absolute Gasteiger partial charge is 0.463 e. The number of carbonyl (C=O) groups excluding carboxylic acids is 1. The lowest BCUT2D eigenvalue weighted by molar-refractivity contribution is -0.116. The van der Waals surface area contributed by atoms with E-state index in [0.717, 1.165) is 11.1 Å². The van der Waals surface area contributed by atoms with Gasteiger partial charge in [0.2, 0.25) is 11.9 Å². The normalized spacial score (nSPS) is 12.5. The third kappa shape index (κ3) is 3.90. The molecule has 5 aromatic rings. The fourth-order valence-electron chi connectivity index (χ4n) is 4.68. The summed E-state index contributed by atoms with van der Waals surface area (Å²) in [7, 11) is 0. The SMILES string of the molecule is CCc1c(C)nc(-n2nc(-c3ccco3)cc2NC(=O)C2c3ccccc3Oc3ccccc32)[nH]c1=O. The molecule has 0 atom stereocenters. The zero-order valence-corrected chi connectivity index (χ0v) is 20.2. The number of anilines is 1. The molecule has 0 saturated carbocycles. The van der Waals surface area contributed by atoms with Crippen LogP contribution >= 0.6 is 0 Å². The third-order valence-electron chi connectivity index (χ3n) is 6.44. The van der Waals surface area contributed by atoms with Crippen LogP contribution < -0.4 is 15.6 Å². The summed E-state index contributed by atoms with van der Waals surface area (Å²) in [5.74, 6) is 1.41. The average molecular weight is 494 g/mol. The van der Waals surface area contributed by atoms with Crippen LogP contribution in [-0.2, 0) is 11.2 Å². The minimum absolute atomic E-state index is 0.195. The summed E-state index contributed by atoms with van der Waals surface area (Å²) in [6, 6.07) is 20.2. The van der Waals surface area contributed by atoms with Crippen molar-refractivity contribution in [2.24, 2.45) is 0 Å². The summed E-state index contributed by atoms with van der Waals surface area (Å²) in [4.78, 5) is 33.9. The summed E-state index contributed by atoms with van der Waals surface area (Å²) < 4.78 is 13.0. The second kappa shape index (κ2) is 8.94. The number of furan rings is 1. The molecule has 0 fully saturated rings. The fourth-order valence-corrected chi connectivity index (χ4v) is 4.68. The van der Waals surface area contributed by atoms with E-state index in [1.165, 1.54) is 4.68 Å². The topological polar surface area (TPSA) is 115 Å². The van der Waals surface area contributed by atoms with Crippen molar-refractivity contribution in [2.45, 2.75) is 26.2 Å². The van der Waals surface area contributed by atoms with Crippen LogP contribution in [-0.4, -0.2) is 25.7 Å². The molecule has 6 rings (SSSR count). The number of para-hydroxylation sites is 2. The molecule has 37 heavy (non-hydrogen) atoms. The molecule has 0 radical (unpaired) electrons. The minimum atomic E-state index is -0.618. The van der Waals surface area contributed by atoms with Crippen LogP contribution in [0.2, 0.25) is 0 Å². The Balaban J connectivity index is 1.45. The summed E-state index contributed by atoms with van der Waals surface area (Å²) >= 11 is 0. The van der Waals surface area contributed by atoms with Gasteiger partial charge in [-0.2, -0.15) is 9.78 Å². The number of amides is 1. The number of aryl methyl sites for hydroxylation is 1. The average Bonchev–Trinajstić information content (AvgIpc) is 3.57. The van der Waals surface area contributed by atoms with Gasteiger partial charge in [-0.25, -0.2) is 4.98 Å². The van der Waals surface area contributed by atoms with Crippen molar-refractivity contribution < 1.29 is 13.9 Å². The van der Waals surface area contributed by atoms with Gasteiger partial charge in [0.25, 0.3) is 5.56 Å². The number of ether oxygens (including phenoxy) is 1. The predicted octanol–water partition coefficient (Wildman–Crippen LogP) is 4.96.